The van der Waals surface area contributed by atoms with Crippen molar-refractivity contribution in [3.05, 3.63) is 64.4 Å². The molecule has 4 rings (SSSR count). The lowest BCUT2D eigenvalue weighted by atomic mass is 9.92. The van der Waals surface area contributed by atoms with Crippen LogP contribution in [0.5, 0.6) is 0 Å². The average Bonchev–Trinajstić information content (AvgIpc) is 3.24. The summed E-state index contributed by atoms with van der Waals surface area (Å²) in [4.78, 5) is 16.6. The van der Waals surface area contributed by atoms with Crippen LogP contribution < -0.4 is 0 Å². The van der Waals surface area contributed by atoms with Crippen LogP contribution in [-0.4, -0.2) is 10.8 Å². The molecule has 1 heterocycles. The number of rotatable bonds is 3. The maximum Gasteiger partial charge on any atom is 0.141 e. The highest BCUT2D eigenvalue weighted by Crippen LogP contribution is 2.60. The van der Waals surface area contributed by atoms with Gasteiger partial charge in [0.1, 0.15) is 5.78 Å². The lowest BCUT2D eigenvalue weighted by molar-refractivity contribution is -0.120. The van der Waals surface area contributed by atoms with Crippen LogP contribution in [0.1, 0.15) is 29.0 Å². The van der Waals surface area contributed by atoms with Crippen molar-refractivity contribution in [1.29, 1.82) is 0 Å². The number of carbonyl (C=O) groups is 1. The first kappa shape index (κ1) is 13.0. The molecule has 0 N–H and O–H groups in total. The summed E-state index contributed by atoms with van der Waals surface area (Å²) in [5.74, 6) is 1.52. The zero-order valence-corrected chi connectivity index (χ0v) is 12.4. The molecule has 1 aromatic carbocycles. The van der Waals surface area contributed by atoms with Gasteiger partial charge >= 0.3 is 0 Å². The molecule has 0 amide bonds. The van der Waals surface area contributed by atoms with Crippen molar-refractivity contribution < 1.29 is 4.79 Å². The molecule has 0 radical (unpaired) electrons. The van der Waals surface area contributed by atoms with Gasteiger partial charge in [-0.1, -0.05) is 35.9 Å². The highest BCUT2D eigenvalue weighted by atomic mass is 35.5. The normalized spacial score (nSPS) is 25.9. The minimum Gasteiger partial charge on any atom is -0.299 e. The molecule has 3 heteroatoms. The third-order valence-corrected chi connectivity index (χ3v) is 5.26. The molecule has 2 nitrogen and oxygen atoms in total. The molecule has 1 aromatic heterocycles. The smallest absolute Gasteiger partial charge is 0.141 e. The fourth-order valence-corrected chi connectivity index (χ4v) is 4.04. The van der Waals surface area contributed by atoms with Crippen LogP contribution in [0.25, 0.3) is 0 Å². The maximum atomic E-state index is 12.6. The van der Waals surface area contributed by atoms with E-state index in [4.69, 9.17) is 11.6 Å². The van der Waals surface area contributed by atoms with Gasteiger partial charge in [-0.2, -0.15) is 0 Å². The van der Waals surface area contributed by atoms with Gasteiger partial charge in [-0.15, -0.1) is 0 Å². The number of carbonyl (C=O) groups excluding carboxylic acids is 1. The van der Waals surface area contributed by atoms with Gasteiger partial charge in [0.15, 0.2) is 0 Å². The van der Waals surface area contributed by atoms with Crippen LogP contribution in [-0.2, 0) is 17.6 Å². The summed E-state index contributed by atoms with van der Waals surface area (Å²) in [7, 11) is 0. The Hall–Kier alpha value is -1.67. The van der Waals surface area contributed by atoms with Gasteiger partial charge in [-0.3, -0.25) is 9.78 Å². The zero-order valence-electron chi connectivity index (χ0n) is 11.6. The second kappa shape index (κ2) is 4.96. The van der Waals surface area contributed by atoms with E-state index in [1.807, 2.05) is 6.07 Å². The first-order chi connectivity index (χ1) is 10.3. The van der Waals surface area contributed by atoms with Gasteiger partial charge in [0.05, 0.1) is 5.02 Å². The second-order valence-corrected chi connectivity index (χ2v) is 6.47. The maximum absolute atomic E-state index is 12.6. The molecule has 2 aromatic rings. The predicted molar refractivity (Wildman–Crippen MR) is 82.4 cm³/mol. The number of halogens is 1. The Balaban J connectivity index is 1.55. The van der Waals surface area contributed by atoms with Crippen molar-refractivity contribution in [1.82, 2.24) is 4.98 Å². The molecule has 1 fully saturated rings. The molecule has 106 valence electrons. The molecular formula is C18H16ClNO. The topological polar surface area (TPSA) is 30.0 Å². The van der Waals surface area contributed by atoms with Crippen molar-refractivity contribution in [3.8, 4) is 0 Å². The van der Waals surface area contributed by atoms with Gasteiger partial charge in [0.2, 0.25) is 0 Å². The molecule has 21 heavy (non-hydrogen) atoms. The standard InChI is InChI=1S/C18H16ClNO/c19-15-10-20-8-7-12(15)9-16(21)18-14-6-5-11-3-1-2-4-13(11)17(14)18/h1-4,7-8,10,14,17-18H,5-6,9H2. The largest absolute Gasteiger partial charge is 0.299 e. The number of aromatic nitrogens is 1. The number of hydrogen-bond acceptors (Lipinski definition) is 2. The van der Waals surface area contributed by atoms with E-state index in [1.54, 1.807) is 12.4 Å². The number of aryl methyl sites for hydroxylation is 1. The zero-order chi connectivity index (χ0) is 14.4. The van der Waals surface area contributed by atoms with Gasteiger partial charge < -0.3 is 0 Å². The Morgan fingerprint density at radius 1 is 1.29 bits per heavy atom. The van der Waals surface area contributed by atoms with Gasteiger partial charge in [0.25, 0.3) is 0 Å². The average molecular weight is 298 g/mol. The Morgan fingerprint density at radius 3 is 3.00 bits per heavy atom. The first-order valence-electron chi connectivity index (χ1n) is 7.44. The van der Waals surface area contributed by atoms with Crippen LogP contribution >= 0.6 is 11.6 Å². The highest BCUT2D eigenvalue weighted by Gasteiger charge is 2.56. The molecule has 0 spiro atoms. The van der Waals surface area contributed by atoms with Crippen LogP contribution in [0.4, 0.5) is 0 Å². The molecule has 3 atom stereocenters. The molecule has 1 saturated carbocycles. The van der Waals surface area contributed by atoms with Crippen LogP contribution in [0.15, 0.2) is 42.7 Å². The van der Waals surface area contributed by atoms with Gasteiger partial charge in [-0.05, 0) is 47.4 Å². The number of fused-ring (bicyclic) bond motifs is 3. The first-order valence-corrected chi connectivity index (χ1v) is 7.82. The molecule has 0 saturated heterocycles. The van der Waals surface area contributed by atoms with Crippen molar-refractivity contribution in [2.75, 3.05) is 0 Å². The van der Waals surface area contributed by atoms with Crippen molar-refractivity contribution in [3.63, 3.8) is 0 Å². The summed E-state index contributed by atoms with van der Waals surface area (Å²) >= 11 is 6.11. The molecule has 2 aliphatic carbocycles. The molecular weight excluding hydrogens is 282 g/mol. The number of ketones is 1. The van der Waals surface area contributed by atoms with E-state index >= 15 is 0 Å². The number of hydrogen-bond donors (Lipinski definition) is 0. The van der Waals surface area contributed by atoms with Crippen molar-refractivity contribution >= 4 is 17.4 Å². The van der Waals surface area contributed by atoms with Gasteiger partial charge in [-0.25, -0.2) is 0 Å². The fourth-order valence-electron chi connectivity index (χ4n) is 3.86. The van der Waals surface area contributed by atoms with E-state index in [1.165, 1.54) is 11.1 Å². The number of Topliss-reactive ketones (excluding diaryl/α,β-unsaturated/α-hetero) is 1. The van der Waals surface area contributed by atoms with E-state index in [0.29, 0.717) is 29.1 Å². The highest BCUT2D eigenvalue weighted by molar-refractivity contribution is 6.31. The predicted octanol–water partition coefficient (Wildman–Crippen LogP) is 3.82. The van der Waals surface area contributed by atoms with Crippen LogP contribution in [0.3, 0.4) is 0 Å². The second-order valence-electron chi connectivity index (χ2n) is 6.06. The minimum atomic E-state index is 0.192. The molecule has 0 aliphatic heterocycles. The molecule has 0 bridgehead atoms. The lowest BCUT2D eigenvalue weighted by Gasteiger charge is -2.13. The van der Waals surface area contributed by atoms with E-state index in [9.17, 15) is 4.79 Å². The number of nitrogens with zero attached hydrogens (tertiary/aromatic N) is 1. The third-order valence-electron chi connectivity index (χ3n) is 4.92. The monoisotopic (exact) mass is 297 g/mol. The van der Waals surface area contributed by atoms with Crippen LogP contribution in [0, 0.1) is 11.8 Å². The number of pyridine rings is 1. The van der Waals surface area contributed by atoms with E-state index in [-0.39, 0.29) is 5.92 Å². The van der Waals surface area contributed by atoms with Gasteiger partial charge in [0, 0.05) is 24.7 Å². The number of benzene rings is 1. The van der Waals surface area contributed by atoms with Crippen molar-refractivity contribution in [2.45, 2.75) is 25.2 Å². The summed E-state index contributed by atoms with van der Waals surface area (Å²) in [5, 5.41) is 0.592. The Labute approximate surface area is 129 Å². The summed E-state index contributed by atoms with van der Waals surface area (Å²) in [6.07, 6.45) is 5.99. The molecule has 3 unspecified atom stereocenters. The lowest BCUT2D eigenvalue weighted by Crippen LogP contribution is -2.07. The van der Waals surface area contributed by atoms with E-state index < -0.39 is 0 Å². The Bertz CT molecular complexity index is 712. The SMILES string of the molecule is O=C(Cc1ccncc1Cl)C1C2CCc3ccccc3C21. The molecule has 2 aliphatic rings. The Morgan fingerprint density at radius 2 is 2.14 bits per heavy atom. The van der Waals surface area contributed by atoms with Crippen LogP contribution in [0.2, 0.25) is 5.02 Å². The van der Waals surface area contributed by atoms with Crippen molar-refractivity contribution in [2.24, 2.45) is 11.8 Å². The minimum absolute atomic E-state index is 0.192. The quantitative estimate of drug-likeness (QED) is 0.862. The fraction of sp³-hybridized carbons (Fsp3) is 0.333. The third kappa shape index (κ3) is 2.18. The summed E-state index contributed by atoms with van der Waals surface area (Å²) in [5.41, 5.74) is 3.72. The van der Waals surface area contributed by atoms with E-state index in [2.05, 4.69) is 29.2 Å². The van der Waals surface area contributed by atoms with E-state index in [0.717, 1.165) is 18.4 Å². The summed E-state index contributed by atoms with van der Waals surface area (Å²) < 4.78 is 0. The summed E-state index contributed by atoms with van der Waals surface area (Å²) in [6.45, 7) is 0. The summed E-state index contributed by atoms with van der Waals surface area (Å²) in [6, 6.07) is 10.4. The Kier molecular flexibility index (Phi) is 3.07.